The number of aromatic nitrogens is 2. The molecule has 0 bridgehead atoms. The zero-order chi connectivity index (χ0) is 12.3. The van der Waals surface area contributed by atoms with Gasteiger partial charge in [-0.1, -0.05) is 6.07 Å². The predicted octanol–water partition coefficient (Wildman–Crippen LogP) is 2.68. The molecule has 88 valence electrons. The van der Waals surface area contributed by atoms with Gasteiger partial charge in [0.15, 0.2) is 5.82 Å². The molecule has 0 fully saturated rings. The fraction of sp³-hybridized carbons (Fsp3) is 0.167. The molecule has 2 rings (SSSR count). The fourth-order valence-electron chi connectivity index (χ4n) is 1.41. The van der Waals surface area contributed by atoms with Gasteiger partial charge in [-0.15, -0.1) is 0 Å². The topological polar surface area (TPSA) is 37.8 Å². The third-order valence-electron chi connectivity index (χ3n) is 2.33. The molecule has 1 heterocycles. The van der Waals surface area contributed by atoms with Gasteiger partial charge in [0, 0.05) is 12.4 Å². The van der Waals surface area contributed by atoms with Crippen molar-refractivity contribution in [3.63, 3.8) is 0 Å². The lowest BCUT2D eigenvalue weighted by Gasteiger charge is -2.09. The van der Waals surface area contributed by atoms with Gasteiger partial charge in [-0.05, 0) is 24.6 Å². The molecule has 17 heavy (non-hydrogen) atoms. The summed E-state index contributed by atoms with van der Waals surface area (Å²) in [5, 5.41) is 2.66. The van der Waals surface area contributed by atoms with Crippen LogP contribution in [0.4, 0.5) is 14.5 Å². The van der Waals surface area contributed by atoms with Crippen LogP contribution in [0.15, 0.2) is 30.6 Å². The SMILES string of the molecule is Cc1ccc(F)c(NCc2ncccn2)c1F. The van der Waals surface area contributed by atoms with Crippen LogP contribution in [0, 0.1) is 18.6 Å². The van der Waals surface area contributed by atoms with Crippen molar-refractivity contribution in [3.05, 3.63) is 53.6 Å². The Labute approximate surface area is 97.5 Å². The molecular formula is C12H11F2N3. The van der Waals surface area contributed by atoms with Crippen molar-refractivity contribution in [2.24, 2.45) is 0 Å². The summed E-state index contributed by atoms with van der Waals surface area (Å²) in [4.78, 5) is 7.91. The molecule has 0 aliphatic heterocycles. The first-order valence-corrected chi connectivity index (χ1v) is 5.13. The second-order valence-electron chi connectivity index (χ2n) is 3.57. The van der Waals surface area contributed by atoms with Gasteiger partial charge in [0.1, 0.15) is 17.3 Å². The van der Waals surface area contributed by atoms with Crippen LogP contribution in [0.5, 0.6) is 0 Å². The van der Waals surface area contributed by atoms with E-state index >= 15 is 0 Å². The number of rotatable bonds is 3. The number of anilines is 1. The molecule has 0 saturated carbocycles. The van der Waals surface area contributed by atoms with Crippen LogP contribution in [0.1, 0.15) is 11.4 Å². The van der Waals surface area contributed by atoms with Crippen molar-refractivity contribution in [3.8, 4) is 0 Å². The van der Waals surface area contributed by atoms with Crippen LogP contribution in [0.25, 0.3) is 0 Å². The highest BCUT2D eigenvalue weighted by Crippen LogP contribution is 2.21. The van der Waals surface area contributed by atoms with Gasteiger partial charge >= 0.3 is 0 Å². The molecule has 1 aromatic carbocycles. The molecule has 0 amide bonds. The number of hydrogen-bond donors (Lipinski definition) is 1. The molecule has 0 saturated heterocycles. The molecule has 0 radical (unpaired) electrons. The normalized spacial score (nSPS) is 10.3. The van der Waals surface area contributed by atoms with E-state index in [-0.39, 0.29) is 12.2 Å². The zero-order valence-corrected chi connectivity index (χ0v) is 9.24. The zero-order valence-electron chi connectivity index (χ0n) is 9.24. The Morgan fingerprint density at radius 2 is 1.88 bits per heavy atom. The first-order valence-electron chi connectivity index (χ1n) is 5.13. The summed E-state index contributed by atoms with van der Waals surface area (Å²) in [7, 11) is 0. The number of benzene rings is 1. The first kappa shape index (κ1) is 11.4. The smallest absolute Gasteiger partial charge is 0.152 e. The maximum Gasteiger partial charge on any atom is 0.152 e. The molecule has 5 heteroatoms. The van der Waals surface area contributed by atoms with E-state index in [0.717, 1.165) is 0 Å². The third kappa shape index (κ3) is 2.55. The minimum Gasteiger partial charge on any atom is -0.373 e. The van der Waals surface area contributed by atoms with Crippen molar-refractivity contribution < 1.29 is 8.78 Å². The Morgan fingerprint density at radius 3 is 2.59 bits per heavy atom. The number of aryl methyl sites for hydroxylation is 1. The Morgan fingerprint density at radius 1 is 1.18 bits per heavy atom. The van der Waals surface area contributed by atoms with Crippen molar-refractivity contribution in [2.75, 3.05) is 5.32 Å². The molecule has 3 nitrogen and oxygen atoms in total. The van der Waals surface area contributed by atoms with E-state index in [2.05, 4.69) is 15.3 Å². The van der Waals surface area contributed by atoms with Crippen LogP contribution in [0.2, 0.25) is 0 Å². The second kappa shape index (κ2) is 4.86. The van der Waals surface area contributed by atoms with Crippen molar-refractivity contribution >= 4 is 5.69 Å². The van der Waals surface area contributed by atoms with E-state index < -0.39 is 11.6 Å². The summed E-state index contributed by atoms with van der Waals surface area (Å²) in [6, 6.07) is 4.30. The Kier molecular flexibility index (Phi) is 3.27. The van der Waals surface area contributed by atoms with Gasteiger partial charge in [-0.2, -0.15) is 0 Å². The highest BCUT2D eigenvalue weighted by atomic mass is 19.1. The third-order valence-corrected chi connectivity index (χ3v) is 2.33. The van der Waals surface area contributed by atoms with Crippen molar-refractivity contribution in [1.29, 1.82) is 0 Å². The molecule has 1 aromatic heterocycles. The molecule has 0 unspecified atom stereocenters. The molecule has 1 N–H and O–H groups in total. The average Bonchev–Trinajstić information content (AvgIpc) is 2.35. The highest BCUT2D eigenvalue weighted by molar-refractivity contribution is 5.48. The van der Waals surface area contributed by atoms with Gasteiger partial charge in [0.05, 0.1) is 6.54 Å². The van der Waals surface area contributed by atoms with Crippen molar-refractivity contribution in [1.82, 2.24) is 9.97 Å². The Bertz CT molecular complexity index is 515. The van der Waals surface area contributed by atoms with E-state index in [0.29, 0.717) is 11.4 Å². The van der Waals surface area contributed by atoms with Crippen molar-refractivity contribution in [2.45, 2.75) is 13.5 Å². The first-order chi connectivity index (χ1) is 8.18. The highest BCUT2D eigenvalue weighted by Gasteiger charge is 2.11. The van der Waals surface area contributed by atoms with Gasteiger partial charge in [-0.25, -0.2) is 18.7 Å². The maximum absolute atomic E-state index is 13.6. The number of nitrogens with zero attached hydrogens (tertiary/aromatic N) is 2. The summed E-state index contributed by atoms with van der Waals surface area (Å²) < 4.78 is 27.0. The second-order valence-corrected chi connectivity index (χ2v) is 3.57. The Balaban J connectivity index is 2.17. The molecule has 2 aromatic rings. The quantitative estimate of drug-likeness (QED) is 0.888. The van der Waals surface area contributed by atoms with Gasteiger partial charge in [0.25, 0.3) is 0 Å². The summed E-state index contributed by atoms with van der Waals surface area (Å²) in [6.07, 6.45) is 3.15. The Hall–Kier alpha value is -2.04. The lowest BCUT2D eigenvalue weighted by Crippen LogP contribution is -2.07. The van der Waals surface area contributed by atoms with E-state index in [1.165, 1.54) is 12.1 Å². The van der Waals surface area contributed by atoms with E-state index in [1.54, 1.807) is 25.4 Å². The molecule has 0 atom stereocenters. The molecule has 0 aliphatic carbocycles. The van der Waals surface area contributed by atoms with Gasteiger partial charge < -0.3 is 5.32 Å². The number of hydrogen-bond acceptors (Lipinski definition) is 3. The van der Waals surface area contributed by atoms with Crippen LogP contribution in [-0.2, 0) is 6.54 Å². The predicted molar refractivity (Wildman–Crippen MR) is 60.5 cm³/mol. The average molecular weight is 235 g/mol. The van der Waals surface area contributed by atoms with Crippen LogP contribution in [0.3, 0.4) is 0 Å². The van der Waals surface area contributed by atoms with Crippen LogP contribution >= 0.6 is 0 Å². The van der Waals surface area contributed by atoms with Gasteiger partial charge in [-0.3, -0.25) is 0 Å². The number of halogens is 2. The minimum atomic E-state index is -0.621. The summed E-state index contributed by atoms with van der Waals surface area (Å²) >= 11 is 0. The van der Waals surface area contributed by atoms with Crippen LogP contribution in [-0.4, -0.2) is 9.97 Å². The fourth-order valence-corrected chi connectivity index (χ4v) is 1.41. The van der Waals surface area contributed by atoms with E-state index in [1.807, 2.05) is 0 Å². The molecular weight excluding hydrogens is 224 g/mol. The largest absolute Gasteiger partial charge is 0.373 e. The lowest BCUT2D eigenvalue weighted by atomic mass is 10.2. The summed E-state index contributed by atoms with van der Waals surface area (Å²) in [6.45, 7) is 1.76. The molecule has 0 spiro atoms. The standard InChI is InChI=1S/C12H11F2N3/c1-8-3-4-9(13)12(11(8)14)17-7-10-15-5-2-6-16-10/h2-6,17H,7H2,1H3. The maximum atomic E-state index is 13.6. The van der Waals surface area contributed by atoms with E-state index in [9.17, 15) is 8.78 Å². The monoisotopic (exact) mass is 235 g/mol. The summed E-state index contributed by atoms with van der Waals surface area (Å²) in [5.74, 6) is -0.724. The molecule has 0 aliphatic rings. The minimum absolute atomic E-state index is 0.141. The number of nitrogens with one attached hydrogen (secondary N) is 1. The van der Waals surface area contributed by atoms with E-state index in [4.69, 9.17) is 0 Å². The van der Waals surface area contributed by atoms with Gasteiger partial charge in [0.2, 0.25) is 0 Å². The lowest BCUT2D eigenvalue weighted by molar-refractivity contribution is 0.581. The van der Waals surface area contributed by atoms with Crippen LogP contribution < -0.4 is 5.32 Å². The summed E-state index contributed by atoms with van der Waals surface area (Å²) in [5.41, 5.74) is 0.250.